The Hall–Kier alpha value is -3.28. The Kier molecular flexibility index (Phi) is 4.69. The monoisotopic (exact) mass is 400 g/mol. The second kappa shape index (κ2) is 7.52. The van der Waals surface area contributed by atoms with Gasteiger partial charge in [-0.1, -0.05) is 30.3 Å². The summed E-state index contributed by atoms with van der Waals surface area (Å²) in [5.74, 6) is 0.701. The highest BCUT2D eigenvalue weighted by Gasteiger charge is 2.45. The molecule has 1 unspecified atom stereocenters. The molecule has 3 aromatic rings. The second-order valence-electron chi connectivity index (χ2n) is 8.34. The van der Waals surface area contributed by atoms with Crippen LogP contribution in [0.1, 0.15) is 36.1 Å². The van der Waals surface area contributed by atoms with Crippen molar-refractivity contribution in [3.8, 4) is 11.4 Å². The van der Waals surface area contributed by atoms with Crippen LogP contribution in [0.3, 0.4) is 0 Å². The Morgan fingerprint density at radius 1 is 1.13 bits per heavy atom. The predicted octanol–water partition coefficient (Wildman–Crippen LogP) is 2.88. The Bertz CT molecular complexity index is 1130. The number of amides is 1. The van der Waals surface area contributed by atoms with Crippen LogP contribution in [0, 0.1) is 0 Å². The zero-order valence-electron chi connectivity index (χ0n) is 16.8. The maximum absolute atomic E-state index is 13.0. The van der Waals surface area contributed by atoms with Crippen molar-refractivity contribution in [2.45, 2.75) is 37.5 Å². The van der Waals surface area contributed by atoms with E-state index in [1.54, 1.807) is 12.4 Å². The molecule has 1 N–H and O–H groups in total. The first-order valence-electron chi connectivity index (χ1n) is 10.5. The number of aromatic amines is 1. The van der Waals surface area contributed by atoms with Gasteiger partial charge in [-0.05, 0) is 43.4 Å². The van der Waals surface area contributed by atoms with E-state index >= 15 is 0 Å². The van der Waals surface area contributed by atoms with Crippen molar-refractivity contribution in [2.75, 3.05) is 13.1 Å². The summed E-state index contributed by atoms with van der Waals surface area (Å²) in [4.78, 5) is 39.7. The van der Waals surface area contributed by atoms with Crippen molar-refractivity contribution < 1.29 is 4.79 Å². The van der Waals surface area contributed by atoms with E-state index in [1.165, 1.54) is 0 Å². The summed E-state index contributed by atoms with van der Waals surface area (Å²) < 4.78 is 0. The third-order valence-corrected chi connectivity index (χ3v) is 6.43. The van der Waals surface area contributed by atoms with Crippen LogP contribution in [0.4, 0.5) is 0 Å². The number of likely N-dealkylation sites (tertiary alicyclic amines) is 1. The molecule has 5 rings (SSSR count). The van der Waals surface area contributed by atoms with E-state index in [2.05, 4.69) is 9.97 Å². The highest BCUT2D eigenvalue weighted by molar-refractivity contribution is 5.79. The molecule has 1 aromatic carbocycles. The Morgan fingerprint density at radius 3 is 2.80 bits per heavy atom. The molecule has 6 heteroatoms. The summed E-state index contributed by atoms with van der Waals surface area (Å²) in [5, 5.41) is 0. The Labute approximate surface area is 175 Å². The van der Waals surface area contributed by atoms with Gasteiger partial charge in [0.05, 0.1) is 12.1 Å². The minimum Gasteiger partial charge on any atom is -0.341 e. The van der Waals surface area contributed by atoms with Crippen molar-refractivity contribution in [1.29, 1.82) is 0 Å². The first-order chi connectivity index (χ1) is 14.6. The molecule has 1 amide bonds. The summed E-state index contributed by atoms with van der Waals surface area (Å²) in [5.41, 5.74) is 3.19. The minimum atomic E-state index is -0.231. The van der Waals surface area contributed by atoms with Gasteiger partial charge in [-0.25, -0.2) is 4.98 Å². The Morgan fingerprint density at radius 2 is 2.00 bits per heavy atom. The summed E-state index contributed by atoms with van der Waals surface area (Å²) in [6, 6.07) is 13.6. The largest absolute Gasteiger partial charge is 0.341 e. The first kappa shape index (κ1) is 18.7. The van der Waals surface area contributed by atoms with Crippen LogP contribution in [0.15, 0.2) is 59.7 Å². The topological polar surface area (TPSA) is 79.0 Å². The van der Waals surface area contributed by atoms with Crippen molar-refractivity contribution in [3.05, 3.63) is 82.0 Å². The number of rotatable bonds is 3. The third-order valence-electron chi connectivity index (χ3n) is 6.43. The van der Waals surface area contributed by atoms with Gasteiger partial charge in [0, 0.05) is 42.0 Å². The van der Waals surface area contributed by atoms with Crippen molar-refractivity contribution in [1.82, 2.24) is 19.9 Å². The molecule has 3 heterocycles. The summed E-state index contributed by atoms with van der Waals surface area (Å²) in [6.45, 7) is 1.40. The number of nitrogens with one attached hydrogen (secondary N) is 1. The number of piperidine rings is 1. The van der Waals surface area contributed by atoms with Gasteiger partial charge in [-0.15, -0.1) is 0 Å². The lowest BCUT2D eigenvalue weighted by Crippen LogP contribution is -2.48. The average molecular weight is 400 g/mol. The average Bonchev–Trinajstić information content (AvgIpc) is 3.13. The van der Waals surface area contributed by atoms with Gasteiger partial charge in [0.2, 0.25) is 5.91 Å². The number of carbonyl (C=O) groups excluding carboxylic acids is 1. The smallest absolute Gasteiger partial charge is 0.254 e. The van der Waals surface area contributed by atoms with Crippen LogP contribution in [-0.4, -0.2) is 38.8 Å². The molecule has 1 spiro atoms. The lowest BCUT2D eigenvalue weighted by Gasteiger charge is -2.40. The molecular formula is C24H24N4O2. The molecule has 0 saturated carbocycles. The molecule has 6 nitrogen and oxygen atoms in total. The van der Waals surface area contributed by atoms with Gasteiger partial charge in [0.25, 0.3) is 5.56 Å². The Balaban J connectivity index is 1.45. The third kappa shape index (κ3) is 3.32. The normalized spacial score (nSPS) is 20.3. The molecule has 30 heavy (non-hydrogen) atoms. The summed E-state index contributed by atoms with van der Waals surface area (Å²) in [7, 11) is 0. The molecule has 1 aliphatic carbocycles. The van der Waals surface area contributed by atoms with Crippen LogP contribution in [0.25, 0.3) is 11.4 Å². The number of H-pyrrole nitrogens is 1. The number of hydrogen-bond acceptors (Lipinski definition) is 4. The van der Waals surface area contributed by atoms with Crippen molar-refractivity contribution >= 4 is 5.91 Å². The van der Waals surface area contributed by atoms with Gasteiger partial charge in [-0.3, -0.25) is 14.6 Å². The first-order valence-corrected chi connectivity index (χ1v) is 10.5. The lowest BCUT2D eigenvalue weighted by atomic mass is 9.77. The number of carbonyl (C=O) groups is 1. The van der Waals surface area contributed by atoms with Gasteiger partial charge in [0.1, 0.15) is 5.82 Å². The molecule has 152 valence electrons. The number of pyridine rings is 1. The number of fused-ring (bicyclic) bond motifs is 2. The number of nitrogens with zero attached hydrogens (tertiary/aromatic N) is 3. The van der Waals surface area contributed by atoms with Crippen LogP contribution in [0.5, 0.6) is 0 Å². The summed E-state index contributed by atoms with van der Waals surface area (Å²) in [6.07, 6.45) is 7.29. The van der Waals surface area contributed by atoms with Gasteiger partial charge in [-0.2, -0.15) is 0 Å². The molecule has 1 saturated heterocycles. The molecule has 2 aromatic heterocycles. The zero-order chi connectivity index (χ0) is 20.6. The zero-order valence-corrected chi connectivity index (χ0v) is 16.8. The highest BCUT2D eigenvalue weighted by atomic mass is 16.2. The maximum atomic E-state index is 13.0. The van der Waals surface area contributed by atoms with E-state index in [4.69, 9.17) is 4.98 Å². The van der Waals surface area contributed by atoms with E-state index in [9.17, 15) is 9.59 Å². The fraction of sp³-hybridized carbons (Fsp3) is 0.333. The quantitative estimate of drug-likeness (QED) is 0.733. The highest BCUT2D eigenvalue weighted by Crippen LogP contribution is 2.43. The molecule has 0 radical (unpaired) electrons. The second-order valence-corrected chi connectivity index (χ2v) is 8.34. The molecule has 1 aliphatic heterocycles. The lowest BCUT2D eigenvalue weighted by molar-refractivity contribution is -0.132. The molecular weight excluding hydrogens is 376 g/mol. The van der Waals surface area contributed by atoms with E-state index in [1.807, 2.05) is 47.4 Å². The SMILES string of the molecule is O=C(Cc1ccccc1)N1CCCC2(CCc3c2nc(-c2cccnc2)[nH]c3=O)C1. The standard InChI is InChI=1S/C24H24N4O2/c29-20(14-17-6-2-1-3-7-17)28-13-5-10-24(16-28)11-9-19-21(24)26-22(27-23(19)30)18-8-4-12-25-15-18/h1-4,6-8,12,15H,5,9-11,13-14,16H2,(H,26,27,30). The van der Waals surface area contributed by atoms with Crippen LogP contribution in [-0.2, 0) is 23.1 Å². The van der Waals surface area contributed by atoms with Gasteiger partial charge >= 0.3 is 0 Å². The van der Waals surface area contributed by atoms with E-state index < -0.39 is 0 Å². The van der Waals surface area contributed by atoms with Crippen molar-refractivity contribution in [3.63, 3.8) is 0 Å². The number of hydrogen-bond donors (Lipinski definition) is 1. The van der Waals surface area contributed by atoms with Crippen LogP contribution >= 0.6 is 0 Å². The van der Waals surface area contributed by atoms with E-state index in [0.717, 1.165) is 48.2 Å². The maximum Gasteiger partial charge on any atom is 0.254 e. The van der Waals surface area contributed by atoms with Gasteiger partial charge in [0.15, 0.2) is 0 Å². The fourth-order valence-electron chi connectivity index (χ4n) is 4.91. The van der Waals surface area contributed by atoms with E-state index in [-0.39, 0.29) is 16.9 Å². The fourth-order valence-corrected chi connectivity index (χ4v) is 4.91. The van der Waals surface area contributed by atoms with Crippen LogP contribution < -0.4 is 5.56 Å². The number of aromatic nitrogens is 3. The van der Waals surface area contributed by atoms with Crippen molar-refractivity contribution in [2.24, 2.45) is 0 Å². The predicted molar refractivity (Wildman–Crippen MR) is 114 cm³/mol. The molecule has 0 bridgehead atoms. The molecule has 2 aliphatic rings. The van der Waals surface area contributed by atoms with Gasteiger partial charge < -0.3 is 9.88 Å². The molecule has 1 atom stereocenters. The minimum absolute atomic E-state index is 0.0662. The summed E-state index contributed by atoms with van der Waals surface area (Å²) >= 11 is 0. The van der Waals surface area contributed by atoms with Crippen LogP contribution in [0.2, 0.25) is 0 Å². The molecule has 1 fully saturated rings. The van der Waals surface area contributed by atoms with E-state index in [0.29, 0.717) is 25.2 Å². The number of benzene rings is 1.